The maximum absolute atomic E-state index is 13.2. The van der Waals surface area contributed by atoms with Crippen LogP contribution >= 0.6 is 0 Å². The van der Waals surface area contributed by atoms with Gasteiger partial charge in [-0.05, 0) is 18.2 Å². The molecule has 1 aromatic carbocycles. The number of hydrogen-bond donors (Lipinski definition) is 1. The summed E-state index contributed by atoms with van der Waals surface area (Å²) in [5.41, 5.74) is 1.40. The van der Waals surface area contributed by atoms with Gasteiger partial charge in [-0.2, -0.15) is 0 Å². The molecule has 6 heteroatoms. The van der Waals surface area contributed by atoms with Crippen molar-refractivity contribution in [2.75, 3.05) is 13.7 Å². The van der Waals surface area contributed by atoms with Crippen LogP contribution in [0.15, 0.2) is 29.3 Å². The van der Waals surface area contributed by atoms with E-state index in [1.165, 1.54) is 23.0 Å². The maximum atomic E-state index is 13.2. The third kappa shape index (κ3) is 1.90. The van der Waals surface area contributed by atoms with E-state index in [0.29, 0.717) is 35.1 Å². The molecule has 0 aliphatic rings. The Morgan fingerprint density at radius 1 is 1.47 bits per heavy atom. The van der Waals surface area contributed by atoms with Gasteiger partial charge in [0.05, 0.1) is 19.5 Å². The van der Waals surface area contributed by atoms with E-state index in [0.717, 1.165) is 0 Å². The molecule has 0 fully saturated rings. The second-order valence-corrected chi connectivity index (χ2v) is 4.27. The van der Waals surface area contributed by atoms with E-state index in [1.807, 2.05) is 0 Å². The van der Waals surface area contributed by atoms with Crippen molar-refractivity contribution in [1.82, 2.24) is 14.5 Å². The molecule has 2 aromatic heterocycles. The summed E-state index contributed by atoms with van der Waals surface area (Å²) in [7, 11) is 1.57. The van der Waals surface area contributed by atoms with Crippen LogP contribution in [0.5, 0.6) is 0 Å². The Labute approximate surface area is 107 Å². The van der Waals surface area contributed by atoms with E-state index in [9.17, 15) is 9.18 Å². The summed E-state index contributed by atoms with van der Waals surface area (Å²) >= 11 is 0. The number of aromatic amines is 1. The van der Waals surface area contributed by atoms with Gasteiger partial charge in [0.2, 0.25) is 0 Å². The fourth-order valence-corrected chi connectivity index (χ4v) is 2.11. The lowest BCUT2D eigenvalue weighted by atomic mass is 10.2. The zero-order chi connectivity index (χ0) is 13.4. The Bertz CT molecular complexity index is 807. The average molecular weight is 261 g/mol. The number of H-pyrrole nitrogens is 1. The number of nitrogens with one attached hydrogen (secondary N) is 1. The molecule has 0 aliphatic heterocycles. The third-order valence-electron chi connectivity index (χ3n) is 3.07. The number of nitrogens with zero attached hydrogens (tertiary/aromatic N) is 2. The molecule has 0 saturated carbocycles. The summed E-state index contributed by atoms with van der Waals surface area (Å²) in [6.45, 7) is 0.865. The SMILES string of the molecule is COCCn1cnc2c([nH]c3ccc(F)cc32)c1=O. The quantitative estimate of drug-likeness (QED) is 0.780. The van der Waals surface area contributed by atoms with Crippen LogP contribution in [-0.2, 0) is 11.3 Å². The van der Waals surface area contributed by atoms with Crippen LogP contribution < -0.4 is 5.56 Å². The standard InChI is InChI=1S/C13H12FN3O2/c1-19-5-4-17-7-15-11-9-6-8(14)2-3-10(9)16-12(11)13(17)18/h2-3,6-7,16H,4-5H2,1H3. The smallest absolute Gasteiger partial charge is 0.277 e. The highest BCUT2D eigenvalue weighted by molar-refractivity contribution is 6.04. The molecule has 1 N–H and O–H groups in total. The van der Waals surface area contributed by atoms with Gasteiger partial charge in [0.25, 0.3) is 5.56 Å². The fraction of sp³-hybridized carbons (Fsp3) is 0.231. The molecule has 0 unspecified atom stereocenters. The van der Waals surface area contributed by atoms with Crippen LogP contribution in [0, 0.1) is 5.82 Å². The molecule has 0 bridgehead atoms. The second kappa shape index (κ2) is 4.47. The molecule has 3 rings (SSSR count). The minimum Gasteiger partial charge on any atom is -0.383 e. The van der Waals surface area contributed by atoms with Crippen molar-refractivity contribution < 1.29 is 9.13 Å². The van der Waals surface area contributed by atoms with Crippen molar-refractivity contribution in [2.45, 2.75) is 6.54 Å². The van der Waals surface area contributed by atoms with Crippen molar-refractivity contribution in [3.8, 4) is 0 Å². The minimum atomic E-state index is -0.348. The summed E-state index contributed by atoms with van der Waals surface area (Å²) < 4.78 is 19.7. The van der Waals surface area contributed by atoms with E-state index in [1.54, 1.807) is 13.2 Å². The molecule has 19 heavy (non-hydrogen) atoms. The molecule has 0 spiro atoms. The largest absolute Gasteiger partial charge is 0.383 e. The zero-order valence-corrected chi connectivity index (χ0v) is 10.3. The van der Waals surface area contributed by atoms with Crippen molar-refractivity contribution in [3.05, 3.63) is 40.7 Å². The first-order chi connectivity index (χ1) is 9.20. The molecule has 98 valence electrons. The molecule has 0 saturated heterocycles. The molecule has 0 atom stereocenters. The molecule has 3 aromatic rings. The van der Waals surface area contributed by atoms with Gasteiger partial charge in [0.1, 0.15) is 16.9 Å². The number of hydrogen-bond acceptors (Lipinski definition) is 3. The van der Waals surface area contributed by atoms with E-state index >= 15 is 0 Å². The average Bonchev–Trinajstić information content (AvgIpc) is 2.77. The van der Waals surface area contributed by atoms with Gasteiger partial charge in [-0.25, -0.2) is 9.37 Å². The number of methoxy groups -OCH3 is 1. The van der Waals surface area contributed by atoms with Crippen LogP contribution in [0.4, 0.5) is 4.39 Å². The topological polar surface area (TPSA) is 59.9 Å². The second-order valence-electron chi connectivity index (χ2n) is 4.27. The molecule has 2 heterocycles. The molecule has 5 nitrogen and oxygen atoms in total. The Balaban J connectivity index is 2.26. The number of ether oxygens (including phenoxy) is 1. The maximum Gasteiger partial charge on any atom is 0.277 e. The first kappa shape index (κ1) is 11.9. The van der Waals surface area contributed by atoms with Gasteiger partial charge < -0.3 is 9.72 Å². The van der Waals surface area contributed by atoms with Crippen LogP contribution in [-0.4, -0.2) is 28.3 Å². The van der Waals surface area contributed by atoms with Gasteiger partial charge in [0.15, 0.2) is 0 Å². The van der Waals surface area contributed by atoms with Gasteiger partial charge in [-0.1, -0.05) is 0 Å². The van der Waals surface area contributed by atoms with Crippen LogP contribution in [0.1, 0.15) is 0 Å². The monoisotopic (exact) mass is 261 g/mol. The number of aromatic nitrogens is 3. The van der Waals surface area contributed by atoms with Crippen molar-refractivity contribution >= 4 is 21.9 Å². The van der Waals surface area contributed by atoms with Gasteiger partial charge in [-0.3, -0.25) is 9.36 Å². The first-order valence-electron chi connectivity index (χ1n) is 5.86. The third-order valence-corrected chi connectivity index (χ3v) is 3.07. The van der Waals surface area contributed by atoms with E-state index in [-0.39, 0.29) is 11.4 Å². The fourth-order valence-electron chi connectivity index (χ4n) is 2.11. The summed E-state index contributed by atoms with van der Waals surface area (Å²) in [4.78, 5) is 19.5. The Hall–Kier alpha value is -2.21. The summed E-state index contributed by atoms with van der Waals surface area (Å²) in [5.74, 6) is -0.348. The van der Waals surface area contributed by atoms with Crippen LogP contribution in [0.25, 0.3) is 21.9 Å². The lowest BCUT2D eigenvalue weighted by molar-refractivity contribution is 0.186. The number of fused-ring (bicyclic) bond motifs is 3. The lowest BCUT2D eigenvalue weighted by Gasteiger charge is -2.03. The normalized spacial score (nSPS) is 11.5. The van der Waals surface area contributed by atoms with E-state index < -0.39 is 0 Å². The highest BCUT2D eigenvalue weighted by atomic mass is 19.1. The summed E-state index contributed by atoms with van der Waals surface area (Å²) in [5, 5.41) is 0.617. The molecule has 0 aliphatic carbocycles. The van der Waals surface area contributed by atoms with E-state index in [2.05, 4.69) is 9.97 Å². The minimum absolute atomic E-state index is 0.182. The van der Waals surface area contributed by atoms with Crippen molar-refractivity contribution in [2.24, 2.45) is 0 Å². The highest BCUT2D eigenvalue weighted by Crippen LogP contribution is 2.21. The molecule has 0 amide bonds. The van der Waals surface area contributed by atoms with Gasteiger partial charge >= 0.3 is 0 Å². The molecular weight excluding hydrogens is 249 g/mol. The number of halogens is 1. The zero-order valence-electron chi connectivity index (χ0n) is 10.3. The highest BCUT2D eigenvalue weighted by Gasteiger charge is 2.11. The van der Waals surface area contributed by atoms with Crippen molar-refractivity contribution in [3.63, 3.8) is 0 Å². The summed E-state index contributed by atoms with van der Waals surface area (Å²) in [6.07, 6.45) is 1.46. The summed E-state index contributed by atoms with van der Waals surface area (Å²) in [6, 6.07) is 4.33. The predicted molar refractivity (Wildman–Crippen MR) is 69.7 cm³/mol. The van der Waals surface area contributed by atoms with E-state index in [4.69, 9.17) is 4.74 Å². The van der Waals surface area contributed by atoms with Crippen molar-refractivity contribution in [1.29, 1.82) is 0 Å². The molecular formula is C13H12FN3O2. The van der Waals surface area contributed by atoms with Gasteiger partial charge in [0, 0.05) is 18.0 Å². The Kier molecular flexibility index (Phi) is 2.79. The lowest BCUT2D eigenvalue weighted by Crippen LogP contribution is -2.22. The first-order valence-corrected chi connectivity index (χ1v) is 5.86. The number of rotatable bonds is 3. The Morgan fingerprint density at radius 2 is 2.32 bits per heavy atom. The predicted octanol–water partition coefficient (Wildman–Crippen LogP) is 1.66. The Morgan fingerprint density at radius 3 is 3.11 bits per heavy atom. The van der Waals surface area contributed by atoms with Gasteiger partial charge in [-0.15, -0.1) is 0 Å². The van der Waals surface area contributed by atoms with Crippen LogP contribution in [0.2, 0.25) is 0 Å². The van der Waals surface area contributed by atoms with Crippen LogP contribution in [0.3, 0.4) is 0 Å². The number of benzene rings is 1. The molecule has 0 radical (unpaired) electrons.